The summed E-state index contributed by atoms with van der Waals surface area (Å²) < 4.78 is 0. The van der Waals surface area contributed by atoms with E-state index in [1.807, 2.05) is 12.1 Å². The van der Waals surface area contributed by atoms with E-state index in [1.54, 1.807) is 6.07 Å². The molecular formula is C13H15ClN2O. The SMILES string of the molecule is N#Cc1c(Cl)cccc1NC1CCCC1CO. The van der Waals surface area contributed by atoms with Crippen molar-refractivity contribution in [1.29, 1.82) is 5.26 Å². The van der Waals surface area contributed by atoms with Crippen LogP contribution in [0.5, 0.6) is 0 Å². The van der Waals surface area contributed by atoms with Gasteiger partial charge in [0.25, 0.3) is 0 Å². The van der Waals surface area contributed by atoms with E-state index in [0.29, 0.717) is 10.6 Å². The van der Waals surface area contributed by atoms with Gasteiger partial charge in [0.1, 0.15) is 6.07 Å². The summed E-state index contributed by atoms with van der Waals surface area (Å²) in [5, 5.41) is 22.1. The fraction of sp³-hybridized carbons (Fsp3) is 0.462. The molecule has 2 unspecified atom stereocenters. The molecule has 2 N–H and O–H groups in total. The highest BCUT2D eigenvalue weighted by molar-refractivity contribution is 6.32. The Morgan fingerprint density at radius 3 is 3.00 bits per heavy atom. The number of benzene rings is 1. The van der Waals surface area contributed by atoms with Crippen LogP contribution in [0, 0.1) is 17.2 Å². The monoisotopic (exact) mass is 250 g/mol. The molecule has 2 rings (SSSR count). The maximum Gasteiger partial charge on any atom is 0.103 e. The van der Waals surface area contributed by atoms with E-state index in [2.05, 4.69) is 11.4 Å². The zero-order chi connectivity index (χ0) is 12.3. The molecule has 1 saturated carbocycles. The van der Waals surface area contributed by atoms with Crippen molar-refractivity contribution >= 4 is 17.3 Å². The second-order valence-corrected chi connectivity index (χ2v) is 4.81. The van der Waals surface area contributed by atoms with Crippen LogP contribution in [0.25, 0.3) is 0 Å². The molecule has 0 aromatic heterocycles. The van der Waals surface area contributed by atoms with Gasteiger partial charge in [0.2, 0.25) is 0 Å². The largest absolute Gasteiger partial charge is 0.396 e. The van der Waals surface area contributed by atoms with Gasteiger partial charge in [-0.05, 0) is 25.0 Å². The Hall–Kier alpha value is -1.24. The van der Waals surface area contributed by atoms with Crippen LogP contribution < -0.4 is 5.32 Å². The molecule has 2 atom stereocenters. The molecule has 0 aliphatic heterocycles. The highest BCUT2D eigenvalue weighted by atomic mass is 35.5. The van der Waals surface area contributed by atoms with Crippen molar-refractivity contribution in [3.63, 3.8) is 0 Å². The lowest BCUT2D eigenvalue weighted by Crippen LogP contribution is -2.26. The van der Waals surface area contributed by atoms with Crippen molar-refractivity contribution < 1.29 is 5.11 Å². The summed E-state index contributed by atoms with van der Waals surface area (Å²) in [6.45, 7) is 0.195. The molecule has 0 heterocycles. The average Bonchev–Trinajstić information content (AvgIpc) is 2.77. The van der Waals surface area contributed by atoms with Gasteiger partial charge in [-0.15, -0.1) is 0 Å². The molecule has 1 aromatic carbocycles. The van der Waals surface area contributed by atoms with Crippen molar-refractivity contribution in [2.24, 2.45) is 5.92 Å². The van der Waals surface area contributed by atoms with Crippen LogP contribution in [0.4, 0.5) is 5.69 Å². The van der Waals surface area contributed by atoms with Gasteiger partial charge in [0, 0.05) is 18.6 Å². The number of nitrogens with zero attached hydrogens (tertiary/aromatic N) is 1. The summed E-state index contributed by atoms with van der Waals surface area (Å²) in [6.07, 6.45) is 3.19. The highest BCUT2D eigenvalue weighted by Gasteiger charge is 2.27. The quantitative estimate of drug-likeness (QED) is 0.867. The van der Waals surface area contributed by atoms with Gasteiger partial charge in [0.05, 0.1) is 16.3 Å². The van der Waals surface area contributed by atoms with E-state index in [1.165, 1.54) is 0 Å². The highest BCUT2D eigenvalue weighted by Crippen LogP contribution is 2.31. The zero-order valence-electron chi connectivity index (χ0n) is 9.49. The maximum atomic E-state index is 9.26. The minimum Gasteiger partial charge on any atom is -0.396 e. The van der Waals surface area contributed by atoms with Crippen LogP contribution in [-0.2, 0) is 0 Å². The molecule has 0 bridgehead atoms. The van der Waals surface area contributed by atoms with Gasteiger partial charge in [-0.3, -0.25) is 0 Å². The summed E-state index contributed by atoms with van der Waals surface area (Å²) in [4.78, 5) is 0. The topological polar surface area (TPSA) is 56.0 Å². The lowest BCUT2D eigenvalue weighted by Gasteiger charge is -2.21. The van der Waals surface area contributed by atoms with Gasteiger partial charge >= 0.3 is 0 Å². The fourth-order valence-corrected chi connectivity index (χ4v) is 2.62. The third kappa shape index (κ3) is 2.54. The smallest absolute Gasteiger partial charge is 0.103 e. The predicted octanol–water partition coefficient (Wildman–Crippen LogP) is 2.78. The van der Waals surface area contributed by atoms with Crippen LogP contribution in [0.3, 0.4) is 0 Å². The van der Waals surface area contributed by atoms with Gasteiger partial charge < -0.3 is 10.4 Å². The number of nitriles is 1. The Labute approximate surface area is 106 Å². The van der Waals surface area contributed by atoms with Crippen molar-refractivity contribution in [1.82, 2.24) is 0 Å². The lowest BCUT2D eigenvalue weighted by atomic mass is 10.0. The molecule has 1 aliphatic carbocycles. The number of anilines is 1. The molecule has 4 heteroatoms. The number of rotatable bonds is 3. The summed E-state index contributed by atoms with van der Waals surface area (Å²) in [6, 6.07) is 7.75. The maximum absolute atomic E-state index is 9.26. The van der Waals surface area contributed by atoms with E-state index in [-0.39, 0.29) is 18.6 Å². The van der Waals surface area contributed by atoms with Gasteiger partial charge in [0.15, 0.2) is 0 Å². The zero-order valence-corrected chi connectivity index (χ0v) is 10.2. The van der Waals surface area contributed by atoms with Crippen molar-refractivity contribution in [3.8, 4) is 6.07 Å². The van der Waals surface area contributed by atoms with E-state index in [9.17, 15) is 5.11 Å². The number of nitrogens with one attached hydrogen (secondary N) is 1. The lowest BCUT2D eigenvalue weighted by molar-refractivity contribution is 0.222. The molecule has 0 spiro atoms. The van der Waals surface area contributed by atoms with E-state index in [4.69, 9.17) is 16.9 Å². The van der Waals surface area contributed by atoms with Crippen LogP contribution in [0.1, 0.15) is 24.8 Å². The molecule has 3 nitrogen and oxygen atoms in total. The summed E-state index contributed by atoms with van der Waals surface area (Å²) >= 11 is 5.97. The van der Waals surface area contributed by atoms with Crippen molar-refractivity contribution in [2.45, 2.75) is 25.3 Å². The first-order chi connectivity index (χ1) is 8.26. The van der Waals surface area contributed by atoms with E-state index < -0.39 is 0 Å². The van der Waals surface area contributed by atoms with Crippen LogP contribution >= 0.6 is 11.6 Å². The van der Waals surface area contributed by atoms with Crippen molar-refractivity contribution in [2.75, 3.05) is 11.9 Å². The number of halogens is 1. The Kier molecular flexibility index (Phi) is 3.88. The number of hydrogen-bond donors (Lipinski definition) is 2. The molecule has 1 fully saturated rings. The normalized spacial score (nSPS) is 23.4. The molecule has 1 aromatic rings. The summed E-state index contributed by atoms with van der Waals surface area (Å²) in [5.41, 5.74) is 1.25. The first kappa shape index (κ1) is 12.2. The summed E-state index contributed by atoms with van der Waals surface area (Å²) in [5.74, 6) is 0.278. The number of aliphatic hydroxyl groups excluding tert-OH is 1. The molecular weight excluding hydrogens is 236 g/mol. The van der Waals surface area contributed by atoms with Gasteiger partial charge in [-0.1, -0.05) is 24.1 Å². The van der Waals surface area contributed by atoms with E-state index in [0.717, 1.165) is 24.9 Å². The number of hydrogen-bond acceptors (Lipinski definition) is 3. The molecule has 0 saturated heterocycles. The third-order valence-electron chi connectivity index (χ3n) is 3.36. The first-order valence-electron chi connectivity index (χ1n) is 5.82. The molecule has 17 heavy (non-hydrogen) atoms. The third-order valence-corrected chi connectivity index (χ3v) is 3.67. The standard InChI is InChI=1S/C13H15ClN2O/c14-11-4-2-6-13(10(11)7-15)16-12-5-1-3-9(12)8-17/h2,4,6,9,12,16-17H,1,3,5,8H2. The predicted molar refractivity (Wildman–Crippen MR) is 68.0 cm³/mol. The molecule has 0 radical (unpaired) electrons. The Morgan fingerprint density at radius 1 is 1.47 bits per heavy atom. The van der Waals surface area contributed by atoms with Gasteiger partial charge in [-0.2, -0.15) is 5.26 Å². The molecule has 90 valence electrons. The fourth-order valence-electron chi connectivity index (χ4n) is 2.40. The molecule has 0 amide bonds. The Morgan fingerprint density at radius 2 is 2.29 bits per heavy atom. The number of aliphatic hydroxyl groups is 1. The minimum absolute atomic E-state index is 0.195. The van der Waals surface area contributed by atoms with Crippen molar-refractivity contribution in [3.05, 3.63) is 28.8 Å². The van der Waals surface area contributed by atoms with E-state index >= 15 is 0 Å². The first-order valence-corrected chi connectivity index (χ1v) is 6.20. The second-order valence-electron chi connectivity index (χ2n) is 4.40. The average molecular weight is 251 g/mol. The van der Waals surface area contributed by atoms with Crippen LogP contribution in [-0.4, -0.2) is 17.8 Å². The van der Waals surface area contributed by atoms with Crippen LogP contribution in [0.15, 0.2) is 18.2 Å². The Balaban J connectivity index is 2.19. The Bertz CT molecular complexity index is 442. The molecule has 1 aliphatic rings. The second kappa shape index (κ2) is 5.39. The van der Waals surface area contributed by atoms with Gasteiger partial charge in [-0.25, -0.2) is 0 Å². The van der Waals surface area contributed by atoms with Crippen LogP contribution in [0.2, 0.25) is 5.02 Å². The summed E-state index contributed by atoms with van der Waals surface area (Å²) in [7, 11) is 0. The minimum atomic E-state index is 0.195.